The zero-order chi connectivity index (χ0) is 43.7. The lowest BCUT2D eigenvalue weighted by atomic mass is 9.82. The second kappa shape index (κ2) is 18.6. The molecule has 0 radical (unpaired) electrons. The number of aliphatic hydroxyl groups excluding tert-OH is 3. The van der Waals surface area contributed by atoms with Crippen molar-refractivity contribution >= 4 is 53.1 Å². The van der Waals surface area contributed by atoms with Gasteiger partial charge in [0.05, 0.1) is 41.0 Å². The lowest BCUT2D eigenvalue weighted by Gasteiger charge is -2.47. The number of amides is 4. The Morgan fingerprint density at radius 3 is 1.41 bits per heavy atom. The molecule has 2 saturated heterocycles. The highest BCUT2D eigenvalue weighted by Gasteiger charge is 2.54. The Morgan fingerprint density at radius 1 is 0.607 bits per heavy atom. The highest BCUT2D eigenvalue weighted by Crippen LogP contribution is 2.44. The average molecular weight is 869 g/mol. The largest absolute Gasteiger partial charge is 0.463 e. The quantitative estimate of drug-likeness (QED) is 0.142. The molecule has 4 amide bonds. The van der Waals surface area contributed by atoms with E-state index in [-0.39, 0.29) is 53.5 Å². The van der Waals surface area contributed by atoms with Gasteiger partial charge in [-0.2, -0.15) is 0 Å². The summed E-state index contributed by atoms with van der Waals surface area (Å²) < 4.78 is 17.5. The van der Waals surface area contributed by atoms with Crippen molar-refractivity contribution in [3.8, 4) is 0 Å². The first-order valence-electron chi connectivity index (χ1n) is 20.0. The third-order valence-electron chi connectivity index (χ3n) is 11.6. The Hall–Kier alpha value is -4.87. The molecule has 4 heterocycles. The molecule has 4 aliphatic rings. The first-order valence-corrected chi connectivity index (χ1v) is 21.8. The molecule has 4 aromatic rings. The maximum atomic E-state index is 13.3. The molecule has 0 aromatic heterocycles. The predicted octanol–water partition coefficient (Wildman–Crippen LogP) is 5.50. The molecule has 8 rings (SSSR count). The fraction of sp³-hybridized carbons (Fsp3) is 0.370. The van der Waals surface area contributed by atoms with Crippen molar-refractivity contribution < 1.29 is 53.5 Å². The van der Waals surface area contributed by atoms with Gasteiger partial charge < -0.3 is 29.5 Å². The number of thioether (sulfide) groups is 2. The van der Waals surface area contributed by atoms with E-state index in [0.717, 1.165) is 25.8 Å². The van der Waals surface area contributed by atoms with Crippen molar-refractivity contribution in [2.45, 2.75) is 91.8 Å². The number of fused-ring (bicyclic) bond motifs is 2. The highest BCUT2D eigenvalue weighted by molar-refractivity contribution is 8.00. The molecule has 0 bridgehead atoms. The summed E-state index contributed by atoms with van der Waals surface area (Å²) in [6, 6.07) is 27.4. The standard InChI is InChI=1S/C25H27NO5S.C21H21NO6S/c1-14-9-11-18(12-10-14)32-25-22(16(3)15(2)21(31-25)13-30-17(4)27)26-23(28)19-7-5-6-8-20(19)24(26)29;1-11-6-8-12(9-7-11)29-21-16(18(25)17(24)15(10-23)28-21)22-19(26)13-4-2-3-5-14(13)20(22)27/h5-12,15-16,21-22,25H,13H2,1-4H3;2-9,15-18,21,23-25H,10H2,1H3. The van der Waals surface area contributed by atoms with Crippen molar-refractivity contribution in [3.05, 3.63) is 130 Å². The molecule has 10 unspecified atom stereocenters. The van der Waals surface area contributed by atoms with E-state index in [1.807, 2.05) is 76.2 Å². The summed E-state index contributed by atoms with van der Waals surface area (Å²) in [5.74, 6) is -2.10. The fourth-order valence-electron chi connectivity index (χ4n) is 8.02. The Balaban J connectivity index is 0.000000185. The topological polar surface area (TPSA) is 180 Å². The van der Waals surface area contributed by atoms with Gasteiger partial charge in [-0.05, 0) is 74.2 Å². The van der Waals surface area contributed by atoms with Gasteiger partial charge in [-0.25, -0.2) is 0 Å². The minimum Gasteiger partial charge on any atom is -0.463 e. The van der Waals surface area contributed by atoms with Crippen molar-refractivity contribution in [1.29, 1.82) is 0 Å². The van der Waals surface area contributed by atoms with Crippen LogP contribution >= 0.6 is 23.5 Å². The smallest absolute Gasteiger partial charge is 0.302 e. The number of hydrogen-bond donors (Lipinski definition) is 3. The highest BCUT2D eigenvalue weighted by atomic mass is 32.2. The first kappa shape index (κ1) is 44.2. The molecular formula is C46H48N2O11S2. The molecule has 2 fully saturated rings. The number of imide groups is 2. The lowest BCUT2D eigenvalue weighted by Crippen LogP contribution is -2.64. The fourth-order valence-corrected chi connectivity index (χ4v) is 10.5. The van der Waals surface area contributed by atoms with Gasteiger partial charge in [-0.1, -0.05) is 97.0 Å². The van der Waals surface area contributed by atoms with E-state index < -0.39 is 59.7 Å². The van der Waals surface area contributed by atoms with Crippen molar-refractivity contribution in [2.75, 3.05) is 13.2 Å². The van der Waals surface area contributed by atoms with Gasteiger partial charge in [0.1, 0.15) is 41.8 Å². The SMILES string of the molecule is CC(=O)OCC1OC(Sc2ccc(C)cc2)C(N2C(=O)c3ccccc3C2=O)C(C)C1C.Cc1ccc(SC2OC(CO)C(O)C(O)C2N2C(=O)c3ccccc3C2=O)cc1. The maximum absolute atomic E-state index is 13.3. The predicted molar refractivity (Wildman–Crippen MR) is 227 cm³/mol. The maximum Gasteiger partial charge on any atom is 0.302 e. The summed E-state index contributed by atoms with van der Waals surface area (Å²) in [6.45, 7) is 9.03. The molecule has 3 N–H and O–H groups in total. The number of nitrogens with zero attached hydrogens (tertiary/aromatic N) is 2. The molecule has 13 nitrogen and oxygen atoms in total. The zero-order valence-corrected chi connectivity index (χ0v) is 35.9. The van der Waals surface area contributed by atoms with Crippen LogP contribution in [-0.2, 0) is 19.0 Å². The Bertz CT molecular complexity index is 2220. The van der Waals surface area contributed by atoms with Crippen LogP contribution in [0.5, 0.6) is 0 Å². The number of benzene rings is 4. The van der Waals surface area contributed by atoms with E-state index >= 15 is 0 Å². The van der Waals surface area contributed by atoms with Crippen molar-refractivity contribution in [2.24, 2.45) is 11.8 Å². The molecule has 0 saturated carbocycles. The van der Waals surface area contributed by atoms with E-state index in [2.05, 4.69) is 0 Å². The number of hydrogen-bond acceptors (Lipinski definition) is 13. The van der Waals surface area contributed by atoms with Gasteiger partial charge in [-0.15, -0.1) is 0 Å². The van der Waals surface area contributed by atoms with E-state index in [4.69, 9.17) is 14.2 Å². The molecule has 15 heteroatoms. The summed E-state index contributed by atoms with van der Waals surface area (Å²) in [4.78, 5) is 68.0. The second-order valence-corrected chi connectivity index (χ2v) is 18.0. The van der Waals surface area contributed by atoms with Crippen LogP contribution in [0.15, 0.2) is 107 Å². The summed E-state index contributed by atoms with van der Waals surface area (Å²) in [5.41, 5.74) is 2.22. The Morgan fingerprint density at radius 2 is 1.00 bits per heavy atom. The summed E-state index contributed by atoms with van der Waals surface area (Å²) in [5, 5.41) is 30.7. The van der Waals surface area contributed by atoms with E-state index in [9.17, 15) is 39.3 Å². The zero-order valence-electron chi connectivity index (χ0n) is 34.2. The first-order chi connectivity index (χ1) is 29.2. The van der Waals surface area contributed by atoms with E-state index in [1.54, 1.807) is 48.5 Å². The number of esters is 1. The van der Waals surface area contributed by atoms with Crippen molar-refractivity contribution in [1.82, 2.24) is 9.80 Å². The monoisotopic (exact) mass is 868 g/mol. The van der Waals surface area contributed by atoms with Crippen LogP contribution in [0, 0.1) is 25.7 Å². The molecule has 4 aromatic carbocycles. The van der Waals surface area contributed by atoms with Crippen molar-refractivity contribution in [3.63, 3.8) is 0 Å². The number of aryl methyl sites for hydroxylation is 2. The van der Waals surface area contributed by atoms with Crippen LogP contribution in [0.3, 0.4) is 0 Å². The Labute approximate surface area is 362 Å². The number of aliphatic hydroxyl groups is 3. The average Bonchev–Trinajstić information content (AvgIpc) is 3.65. The molecule has 0 aliphatic carbocycles. The lowest BCUT2D eigenvalue weighted by molar-refractivity contribution is -0.181. The van der Waals surface area contributed by atoms with Crippen LogP contribution in [0.1, 0.15) is 73.3 Å². The summed E-state index contributed by atoms with van der Waals surface area (Å²) in [6.07, 6.45) is -4.27. The molecule has 10 atom stereocenters. The number of carbonyl (C=O) groups is 5. The molecule has 320 valence electrons. The number of carbonyl (C=O) groups excluding carboxylic acids is 5. The van der Waals surface area contributed by atoms with E-state index in [0.29, 0.717) is 11.1 Å². The summed E-state index contributed by atoms with van der Waals surface area (Å²) in [7, 11) is 0. The van der Waals surface area contributed by atoms with Crippen LogP contribution in [0.4, 0.5) is 0 Å². The minimum absolute atomic E-state index is 0.0291. The number of ether oxygens (including phenoxy) is 3. The van der Waals surface area contributed by atoms with Gasteiger partial charge in [0, 0.05) is 16.7 Å². The van der Waals surface area contributed by atoms with Gasteiger partial charge in [-0.3, -0.25) is 33.8 Å². The molecule has 4 aliphatic heterocycles. The Kier molecular flexibility index (Phi) is 13.5. The van der Waals surface area contributed by atoms with Gasteiger partial charge >= 0.3 is 5.97 Å². The minimum atomic E-state index is -1.47. The van der Waals surface area contributed by atoms with Gasteiger partial charge in [0.15, 0.2) is 0 Å². The molecule has 61 heavy (non-hydrogen) atoms. The molecule has 0 spiro atoms. The third kappa shape index (κ3) is 8.91. The van der Waals surface area contributed by atoms with Crippen LogP contribution in [0.2, 0.25) is 0 Å². The normalized spacial score (nSPS) is 28.3. The van der Waals surface area contributed by atoms with Gasteiger partial charge in [0.25, 0.3) is 23.6 Å². The van der Waals surface area contributed by atoms with Gasteiger partial charge in [0.2, 0.25) is 0 Å². The number of rotatable bonds is 9. The van der Waals surface area contributed by atoms with Crippen LogP contribution in [-0.4, -0.2) is 115 Å². The van der Waals surface area contributed by atoms with E-state index in [1.165, 1.54) is 35.3 Å². The third-order valence-corrected chi connectivity index (χ3v) is 14.0. The van der Waals surface area contributed by atoms with Crippen LogP contribution in [0.25, 0.3) is 0 Å². The summed E-state index contributed by atoms with van der Waals surface area (Å²) >= 11 is 2.71. The molecular weight excluding hydrogens is 821 g/mol. The van der Waals surface area contributed by atoms with Crippen LogP contribution < -0.4 is 0 Å². The second-order valence-electron chi connectivity index (χ2n) is 15.7.